The van der Waals surface area contributed by atoms with Crippen LogP contribution < -0.4 is 25.1 Å². The molecule has 1 N–H and O–H groups in total. The lowest BCUT2D eigenvalue weighted by Crippen LogP contribution is -2.28. The number of aromatic nitrogens is 2. The number of ether oxygens (including phenoxy) is 4. The molecule has 0 spiro atoms. The Morgan fingerprint density at radius 3 is 2.52 bits per heavy atom. The highest BCUT2D eigenvalue weighted by Gasteiger charge is 2.18. The molecule has 8 nitrogen and oxygen atoms in total. The summed E-state index contributed by atoms with van der Waals surface area (Å²) in [6.45, 7) is 10.2. The smallest absolute Gasteiger partial charge is 0.290 e. The number of halogens is 1. The molecule has 1 aromatic heterocycles. The zero-order valence-corrected chi connectivity index (χ0v) is 20.8. The largest absolute Gasteiger partial charge is 0.493 e. The number of hydrogen-bond acceptors (Lipinski definition) is 7. The van der Waals surface area contributed by atoms with Crippen LogP contribution in [-0.4, -0.2) is 45.3 Å². The summed E-state index contributed by atoms with van der Waals surface area (Å²) in [7, 11) is 1.85. The standard InChI is InChI=1S/C21H32ClN3O5Si/c1-7-30-17-12-15(8-9-16(17)27-2)13-23-19-18(22)21(26)25(24-20(19)28-3)14-29-10-11-31(4,5)6/h8-9,12,23H,7,10-11,13-14H2,1-6H3. The van der Waals surface area contributed by atoms with Gasteiger partial charge in [0.05, 0.1) is 20.8 Å². The average Bonchev–Trinajstić information content (AvgIpc) is 2.72. The fourth-order valence-corrected chi connectivity index (χ4v) is 3.72. The van der Waals surface area contributed by atoms with E-state index in [1.807, 2.05) is 25.1 Å². The Bertz CT molecular complexity index is 930. The van der Waals surface area contributed by atoms with E-state index >= 15 is 0 Å². The van der Waals surface area contributed by atoms with Crippen molar-refractivity contribution in [2.75, 3.05) is 32.8 Å². The third-order valence-corrected chi connectivity index (χ3v) is 6.52. The van der Waals surface area contributed by atoms with Gasteiger partial charge < -0.3 is 24.3 Å². The van der Waals surface area contributed by atoms with E-state index in [9.17, 15) is 4.79 Å². The molecule has 0 fully saturated rings. The quantitative estimate of drug-likeness (QED) is 0.367. The summed E-state index contributed by atoms with van der Waals surface area (Å²) in [4.78, 5) is 12.6. The first kappa shape index (κ1) is 25.0. The highest BCUT2D eigenvalue weighted by molar-refractivity contribution is 6.76. The first-order valence-electron chi connectivity index (χ1n) is 10.2. The van der Waals surface area contributed by atoms with Crippen molar-refractivity contribution in [3.63, 3.8) is 0 Å². The number of anilines is 1. The summed E-state index contributed by atoms with van der Waals surface area (Å²) in [5.74, 6) is 1.52. The van der Waals surface area contributed by atoms with Crippen LogP contribution in [0.2, 0.25) is 30.7 Å². The van der Waals surface area contributed by atoms with E-state index < -0.39 is 13.6 Å². The first-order valence-corrected chi connectivity index (χ1v) is 14.2. The third-order valence-electron chi connectivity index (χ3n) is 4.47. The Morgan fingerprint density at radius 2 is 1.90 bits per heavy atom. The fraction of sp³-hybridized carbons (Fsp3) is 0.524. The Kier molecular flexibility index (Phi) is 9.21. The monoisotopic (exact) mass is 469 g/mol. The molecular formula is C21H32ClN3O5Si. The van der Waals surface area contributed by atoms with Gasteiger partial charge in [-0.05, 0) is 30.7 Å². The van der Waals surface area contributed by atoms with Crippen LogP contribution >= 0.6 is 11.6 Å². The van der Waals surface area contributed by atoms with Gasteiger partial charge in [-0.15, -0.1) is 5.10 Å². The third kappa shape index (κ3) is 7.15. The van der Waals surface area contributed by atoms with Crippen molar-refractivity contribution in [2.24, 2.45) is 0 Å². The molecule has 0 saturated carbocycles. The maximum atomic E-state index is 12.6. The second-order valence-corrected chi connectivity index (χ2v) is 14.1. The predicted octanol–water partition coefficient (Wildman–Crippen LogP) is 4.24. The molecule has 0 saturated heterocycles. The van der Waals surface area contributed by atoms with Crippen LogP contribution in [0.15, 0.2) is 23.0 Å². The van der Waals surface area contributed by atoms with Gasteiger partial charge in [0, 0.05) is 21.2 Å². The molecule has 31 heavy (non-hydrogen) atoms. The summed E-state index contributed by atoms with van der Waals surface area (Å²) < 4.78 is 23.1. The van der Waals surface area contributed by atoms with Gasteiger partial charge in [-0.2, -0.15) is 4.68 Å². The molecule has 0 aliphatic heterocycles. The molecule has 1 heterocycles. The van der Waals surface area contributed by atoms with Crippen LogP contribution in [0.5, 0.6) is 17.4 Å². The van der Waals surface area contributed by atoms with E-state index in [1.165, 1.54) is 11.8 Å². The summed E-state index contributed by atoms with van der Waals surface area (Å²) in [5.41, 5.74) is 0.810. The van der Waals surface area contributed by atoms with E-state index in [4.69, 9.17) is 30.5 Å². The molecule has 0 unspecified atom stereocenters. The van der Waals surface area contributed by atoms with Crippen molar-refractivity contribution >= 4 is 25.4 Å². The SMILES string of the molecule is CCOc1cc(CNc2c(OC)nn(COCC[Si](C)(C)C)c(=O)c2Cl)ccc1OC. The van der Waals surface area contributed by atoms with Crippen LogP contribution in [0.3, 0.4) is 0 Å². The molecule has 1 aromatic carbocycles. The zero-order chi connectivity index (χ0) is 23.0. The summed E-state index contributed by atoms with van der Waals surface area (Å²) >= 11 is 6.35. The van der Waals surface area contributed by atoms with E-state index in [0.717, 1.165) is 11.6 Å². The van der Waals surface area contributed by atoms with Crippen LogP contribution in [0.4, 0.5) is 5.69 Å². The molecule has 0 aliphatic rings. The predicted molar refractivity (Wildman–Crippen MR) is 126 cm³/mol. The van der Waals surface area contributed by atoms with Gasteiger partial charge in [0.15, 0.2) is 11.5 Å². The number of nitrogens with one attached hydrogen (secondary N) is 1. The zero-order valence-electron chi connectivity index (χ0n) is 19.1. The molecule has 172 valence electrons. The van der Waals surface area contributed by atoms with Crippen LogP contribution in [0, 0.1) is 0 Å². The van der Waals surface area contributed by atoms with Crippen molar-refractivity contribution in [2.45, 2.75) is 45.9 Å². The minimum Gasteiger partial charge on any atom is -0.493 e. The Labute approximate surface area is 189 Å². The number of benzene rings is 1. The van der Waals surface area contributed by atoms with Gasteiger partial charge in [0.2, 0.25) is 0 Å². The van der Waals surface area contributed by atoms with Crippen LogP contribution in [0.25, 0.3) is 0 Å². The molecular weight excluding hydrogens is 438 g/mol. The van der Waals surface area contributed by atoms with Gasteiger partial charge >= 0.3 is 0 Å². The molecule has 0 atom stereocenters. The van der Waals surface area contributed by atoms with Crippen molar-refractivity contribution in [1.29, 1.82) is 0 Å². The normalized spacial score (nSPS) is 11.3. The van der Waals surface area contributed by atoms with Crippen LogP contribution in [0.1, 0.15) is 12.5 Å². The van der Waals surface area contributed by atoms with E-state index in [2.05, 4.69) is 30.1 Å². The molecule has 10 heteroatoms. The maximum absolute atomic E-state index is 12.6. The number of nitrogens with zero attached hydrogens (tertiary/aromatic N) is 2. The minimum atomic E-state index is -1.22. The number of hydrogen-bond donors (Lipinski definition) is 1. The lowest BCUT2D eigenvalue weighted by atomic mass is 10.2. The van der Waals surface area contributed by atoms with Gasteiger partial charge in [-0.1, -0.05) is 37.3 Å². The maximum Gasteiger partial charge on any atom is 0.290 e. The van der Waals surface area contributed by atoms with E-state index in [1.54, 1.807) is 7.11 Å². The van der Waals surface area contributed by atoms with Crippen molar-refractivity contribution < 1.29 is 18.9 Å². The summed E-state index contributed by atoms with van der Waals surface area (Å²) in [6.07, 6.45) is 0. The molecule has 0 aliphatic carbocycles. The first-order chi connectivity index (χ1) is 14.7. The average molecular weight is 470 g/mol. The Hall–Kier alpha value is -2.23. The summed E-state index contributed by atoms with van der Waals surface area (Å²) in [5, 5.41) is 7.39. The second-order valence-electron chi connectivity index (χ2n) is 8.12. The molecule has 0 bridgehead atoms. The highest BCUT2D eigenvalue weighted by Crippen LogP contribution is 2.30. The Morgan fingerprint density at radius 1 is 1.16 bits per heavy atom. The summed E-state index contributed by atoms with van der Waals surface area (Å²) in [6, 6.07) is 6.60. The lowest BCUT2D eigenvalue weighted by Gasteiger charge is -2.17. The highest BCUT2D eigenvalue weighted by atomic mass is 35.5. The minimum absolute atomic E-state index is 0.000750. The van der Waals surface area contributed by atoms with Gasteiger partial charge in [0.1, 0.15) is 17.4 Å². The van der Waals surface area contributed by atoms with Crippen molar-refractivity contribution in [3.05, 3.63) is 39.1 Å². The van der Waals surface area contributed by atoms with Crippen molar-refractivity contribution in [1.82, 2.24) is 9.78 Å². The van der Waals surface area contributed by atoms with Crippen LogP contribution in [-0.2, 0) is 18.0 Å². The Balaban J connectivity index is 2.15. The fourth-order valence-electron chi connectivity index (χ4n) is 2.72. The van der Waals surface area contributed by atoms with Gasteiger partial charge in [0.25, 0.3) is 11.4 Å². The molecule has 2 aromatic rings. The topological polar surface area (TPSA) is 83.8 Å². The van der Waals surface area contributed by atoms with Crippen molar-refractivity contribution in [3.8, 4) is 17.4 Å². The van der Waals surface area contributed by atoms with Gasteiger partial charge in [-0.25, -0.2) is 0 Å². The van der Waals surface area contributed by atoms with E-state index in [0.29, 0.717) is 36.9 Å². The molecule has 2 rings (SSSR count). The number of rotatable bonds is 12. The molecule has 0 amide bonds. The molecule has 0 radical (unpaired) electrons. The van der Waals surface area contributed by atoms with E-state index in [-0.39, 0.29) is 17.6 Å². The van der Waals surface area contributed by atoms with Gasteiger partial charge in [-0.3, -0.25) is 4.79 Å². The number of methoxy groups -OCH3 is 2. The second kappa shape index (κ2) is 11.4. The lowest BCUT2D eigenvalue weighted by molar-refractivity contribution is 0.0736.